The lowest BCUT2D eigenvalue weighted by atomic mass is 9.82. The second-order valence-electron chi connectivity index (χ2n) is 6.27. The lowest BCUT2D eigenvalue weighted by Gasteiger charge is -2.27. The number of hydrogen-bond acceptors (Lipinski definition) is 4. The van der Waals surface area contributed by atoms with Crippen molar-refractivity contribution >= 4 is 11.7 Å². The van der Waals surface area contributed by atoms with Crippen LogP contribution in [0.4, 0.5) is 5.69 Å². The maximum atomic E-state index is 11.9. The van der Waals surface area contributed by atoms with Crippen molar-refractivity contribution in [3.05, 3.63) is 58.9 Å². The van der Waals surface area contributed by atoms with Gasteiger partial charge in [0.2, 0.25) is 0 Å². The standard InChI is InChI=1S/C20H24N2O2/c1-3-14-7-8-17-15(11-14)5-4-6-16(17)12-22-19-13-21-10-9-18(19)20(23)24-2/h7-11,13,16,22H,3-6,12H2,1-2H3/t16-/m0/s1. The van der Waals surface area contributed by atoms with E-state index >= 15 is 0 Å². The van der Waals surface area contributed by atoms with E-state index in [1.54, 1.807) is 18.5 Å². The van der Waals surface area contributed by atoms with E-state index in [1.807, 2.05) is 0 Å². The molecule has 0 saturated heterocycles. The summed E-state index contributed by atoms with van der Waals surface area (Å²) in [6, 6.07) is 8.56. The van der Waals surface area contributed by atoms with Crippen molar-refractivity contribution in [2.24, 2.45) is 0 Å². The summed E-state index contributed by atoms with van der Waals surface area (Å²) in [7, 11) is 1.40. The number of methoxy groups -OCH3 is 1. The fraction of sp³-hybridized carbons (Fsp3) is 0.400. The molecule has 0 unspecified atom stereocenters. The fourth-order valence-corrected chi connectivity index (χ4v) is 3.46. The van der Waals surface area contributed by atoms with E-state index in [2.05, 4.69) is 35.4 Å². The molecule has 2 aromatic rings. The number of rotatable bonds is 5. The molecule has 3 rings (SSSR count). The number of nitrogens with one attached hydrogen (secondary N) is 1. The molecule has 4 nitrogen and oxygen atoms in total. The molecule has 0 bridgehead atoms. The zero-order valence-electron chi connectivity index (χ0n) is 14.3. The Morgan fingerprint density at radius 2 is 2.25 bits per heavy atom. The summed E-state index contributed by atoms with van der Waals surface area (Å²) in [5.41, 5.74) is 5.59. The van der Waals surface area contributed by atoms with Crippen molar-refractivity contribution in [3.63, 3.8) is 0 Å². The minimum Gasteiger partial charge on any atom is -0.465 e. The van der Waals surface area contributed by atoms with Crippen LogP contribution in [-0.2, 0) is 17.6 Å². The number of benzene rings is 1. The molecule has 0 radical (unpaired) electrons. The number of esters is 1. The highest BCUT2D eigenvalue weighted by Gasteiger charge is 2.21. The maximum Gasteiger partial charge on any atom is 0.340 e. The average Bonchev–Trinajstić information content (AvgIpc) is 2.65. The second kappa shape index (κ2) is 7.47. The van der Waals surface area contributed by atoms with Gasteiger partial charge >= 0.3 is 5.97 Å². The van der Waals surface area contributed by atoms with Gasteiger partial charge in [-0.15, -0.1) is 0 Å². The third-order valence-electron chi connectivity index (χ3n) is 4.82. The predicted molar refractivity (Wildman–Crippen MR) is 95.6 cm³/mol. The van der Waals surface area contributed by atoms with Crippen LogP contribution in [0.3, 0.4) is 0 Å². The lowest BCUT2D eigenvalue weighted by molar-refractivity contribution is 0.0601. The number of aryl methyl sites for hydroxylation is 2. The van der Waals surface area contributed by atoms with Gasteiger partial charge in [-0.3, -0.25) is 4.98 Å². The molecule has 24 heavy (non-hydrogen) atoms. The highest BCUT2D eigenvalue weighted by molar-refractivity contribution is 5.95. The third kappa shape index (κ3) is 3.42. The molecule has 1 aromatic carbocycles. The van der Waals surface area contributed by atoms with Crippen LogP contribution < -0.4 is 5.32 Å². The van der Waals surface area contributed by atoms with Gasteiger partial charge in [0, 0.05) is 18.7 Å². The molecule has 126 valence electrons. The smallest absolute Gasteiger partial charge is 0.340 e. The number of nitrogens with zero attached hydrogens (tertiary/aromatic N) is 1. The largest absolute Gasteiger partial charge is 0.465 e. The Balaban J connectivity index is 1.76. The summed E-state index contributed by atoms with van der Waals surface area (Å²) in [5.74, 6) is 0.127. The van der Waals surface area contributed by atoms with Crippen molar-refractivity contribution in [3.8, 4) is 0 Å². The number of carbonyl (C=O) groups is 1. The fourth-order valence-electron chi connectivity index (χ4n) is 3.46. The molecule has 1 N–H and O–H groups in total. The van der Waals surface area contributed by atoms with Gasteiger partial charge in [0.25, 0.3) is 0 Å². The van der Waals surface area contributed by atoms with Crippen LogP contribution in [0.25, 0.3) is 0 Å². The molecule has 0 spiro atoms. The first-order valence-electron chi connectivity index (χ1n) is 8.60. The van der Waals surface area contributed by atoms with Gasteiger partial charge in [-0.2, -0.15) is 0 Å². The van der Waals surface area contributed by atoms with Crippen LogP contribution in [0.5, 0.6) is 0 Å². The van der Waals surface area contributed by atoms with Crippen molar-refractivity contribution in [2.45, 2.75) is 38.5 Å². The molecule has 1 atom stereocenters. The number of carbonyl (C=O) groups excluding carboxylic acids is 1. The Morgan fingerprint density at radius 3 is 3.04 bits per heavy atom. The van der Waals surface area contributed by atoms with Gasteiger partial charge in [0.05, 0.1) is 24.6 Å². The molecule has 0 aliphatic heterocycles. The SMILES string of the molecule is CCc1ccc2c(c1)CCC[C@H]2CNc1cnccc1C(=O)OC. The van der Waals surface area contributed by atoms with E-state index < -0.39 is 0 Å². The summed E-state index contributed by atoms with van der Waals surface area (Å²) in [6.07, 6.45) is 7.92. The molecule has 1 aromatic heterocycles. The topological polar surface area (TPSA) is 51.2 Å². The Bertz CT molecular complexity index is 727. The molecular formula is C20H24N2O2. The van der Waals surface area contributed by atoms with Crippen LogP contribution in [0.2, 0.25) is 0 Å². The third-order valence-corrected chi connectivity index (χ3v) is 4.82. The number of ether oxygens (including phenoxy) is 1. The minimum atomic E-state index is -0.337. The maximum absolute atomic E-state index is 11.9. The van der Waals surface area contributed by atoms with Crippen LogP contribution in [0.1, 0.15) is 52.7 Å². The van der Waals surface area contributed by atoms with Crippen molar-refractivity contribution < 1.29 is 9.53 Å². The Hall–Kier alpha value is -2.36. The van der Waals surface area contributed by atoms with E-state index in [0.717, 1.165) is 18.7 Å². The van der Waals surface area contributed by atoms with Gasteiger partial charge in [0.1, 0.15) is 0 Å². The number of hydrogen-bond donors (Lipinski definition) is 1. The zero-order chi connectivity index (χ0) is 16.9. The van der Waals surface area contributed by atoms with E-state index in [9.17, 15) is 4.79 Å². The normalized spacial score (nSPS) is 16.3. The molecular weight excluding hydrogens is 300 g/mol. The first kappa shape index (κ1) is 16.5. The van der Waals surface area contributed by atoms with Crippen LogP contribution in [0.15, 0.2) is 36.7 Å². The summed E-state index contributed by atoms with van der Waals surface area (Å²) in [4.78, 5) is 16.0. The van der Waals surface area contributed by atoms with E-state index in [1.165, 1.54) is 43.1 Å². The highest BCUT2D eigenvalue weighted by Crippen LogP contribution is 2.32. The van der Waals surface area contributed by atoms with Crippen LogP contribution in [0, 0.1) is 0 Å². The quantitative estimate of drug-likeness (QED) is 0.846. The van der Waals surface area contributed by atoms with E-state index in [0.29, 0.717) is 11.5 Å². The molecule has 1 heterocycles. The summed E-state index contributed by atoms with van der Waals surface area (Å²) in [6.45, 7) is 2.99. The number of anilines is 1. The summed E-state index contributed by atoms with van der Waals surface area (Å²) < 4.78 is 4.84. The van der Waals surface area contributed by atoms with Gasteiger partial charge in [-0.25, -0.2) is 4.79 Å². The molecule has 0 saturated carbocycles. The highest BCUT2D eigenvalue weighted by atomic mass is 16.5. The van der Waals surface area contributed by atoms with Crippen LogP contribution >= 0.6 is 0 Å². The zero-order valence-corrected chi connectivity index (χ0v) is 14.3. The summed E-state index contributed by atoms with van der Waals surface area (Å²) >= 11 is 0. The van der Waals surface area contributed by atoms with Gasteiger partial charge in [-0.05, 0) is 48.4 Å². The van der Waals surface area contributed by atoms with Gasteiger partial charge in [-0.1, -0.05) is 25.1 Å². The van der Waals surface area contributed by atoms with Crippen molar-refractivity contribution in [1.82, 2.24) is 4.98 Å². The lowest BCUT2D eigenvalue weighted by Crippen LogP contribution is -2.19. The van der Waals surface area contributed by atoms with Crippen molar-refractivity contribution in [2.75, 3.05) is 19.0 Å². The Kier molecular flexibility index (Phi) is 5.14. The number of pyridine rings is 1. The summed E-state index contributed by atoms with van der Waals surface area (Å²) in [5, 5.41) is 3.40. The molecule has 1 aliphatic carbocycles. The number of fused-ring (bicyclic) bond motifs is 1. The first-order chi connectivity index (χ1) is 11.7. The second-order valence-corrected chi connectivity index (χ2v) is 6.27. The number of aromatic nitrogens is 1. The van der Waals surface area contributed by atoms with E-state index in [4.69, 9.17) is 4.74 Å². The Labute approximate surface area is 143 Å². The predicted octanol–water partition coefficient (Wildman–Crippen LogP) is 3.96. The van der Waals surface area contributed by atoms with Gasteiger partial charge < -0.3 is 10.1 Å². The average molecular weight is 324 g/mol. The van der Waals surface area contributed by atoms with Gasteiger partial charge in [0.15, 0.2) is 0 Å². The van der Waals surface area contributed by atoms with E-state index in [-0.39, 0.29) is 5.97 Å². The molecule has 0 amide bonds. The van der Waals surface area contributed by atoms with Crippen LogP contribution in [-0.4, -0.2) is 24.6 Å². The minimum absolute atomic E-state index is 0.337. The van der Waals surface area contributed by atoms with Crippen molar-refractivity contribution in [1.29, 1.82) is 0 Å². The molecule has 4 heteroatoms. The Morgan fingerprint density at radius 1 is 1.38 bits per heavy atom. The molecule has 0 fully saturated rings. The first-order valence-corrected chi connectivity index (χ1v) is 8.60. The molecule has 1 aliphatic rings. The monoisotopic (exact) mass is 324 g/mol.